The summed E-state index contributed by atoms with van der Waals surface area (Å²) < 4.78 is 16.2. The van der Waals surface area contributed by atoms with Gasteiger partial charge in [0.1, 0.15) is 0 Å². The van der Waals surface area contributed by atoms with Gasteiger partial charge in [0.25, 0.3) is 0 Å². The molecule has 4 aromatic rings. The van der Waals surface area contributed by atoms with Crippen LogP contribution in [0, 0.1) is 0 Å². The molecular formula is C27H23NO5. The minimum Gasteiger partial charge on any atom is -0.493 e. The van der Waals surface area contributed by atoms with Gasteiger partial charge < -0.3 is 19.2 Å². The maximum atomic E-state index is 13.4. The van der Waals surface area contributed by atoms with Crippen molar-refractivity contribution >= 4 is 28.7 Å². The van der Waals surface area contributed by atoms with Gasteiger partial charge >= 0.3 is 5.97 Å². The molecule has 1 atom stereocenters. The summed E-state index contributed by atoms with van der Waals surface area (Å²) in [6.07, 6.45) is 3.46. The van der Waals surface area contributed by atoms with E-state index < -0.39 is 12.1 Å². The Kier molecular flexibility index (Phi) is 6.55. The molecule has 0 aliphatic heterocycles. The first kappa shape index (κ1) is 21.9. The molecule has 3 aromatic carbocycles. The number of rotatable bonds is 8. The van der Waals surface area contributed by atoms with Crippen LogP contribution in [0.25, 0.3) is 17.0 Å². The number of aromatic nitrogens is 1. The van der Waals surface area contributed by atoms with Gasteiger partial charge in [-0.25, -0.2) is 4.79 Å². The fraction of sp³-hybridized carbons (Fsp3) is 0.111. The summed E-state index contributed by atoms with van der Waals surface area (Å²) in [5, 5.41) is 0.778. The van der Waals surface area contributed by atoms with Crippen molar-refractivity contribution in [2.24, 2.45) is 0 Å². The smallest absolute Gasteiger partial charge is 0.331 e. The highest BCUT2D eigenvalue weighted by atomic mass is 16.5. The Balaban J connectivity index is 1.59. The first-order valence-electron chi connectivity index (χ1n) is 10.4. The zero-order valence-corrected chi connectivity index (χ0v) is 18.3. The van der Waals surface area contributed by atoms with Crippen LogP contribution >= 0.6 is 0 Å². The quantitative estimate of drug-likeness (QED) is 0.226. The molecule has 0 saturated carbocycles. The van der Waals surface area contributed by atoms with Crippen molar-refractivity contribution in [1.29, 1.82) is 0 Å². The number of carbonyl (C=O) groups is 2. The number of hydrogen-bond acceptors (Lipinski definition) is 5. The molecule has 1 unspecified atom stereocenters. The molecule has 166 valence electrons. The SMILES string of the molecule is COc1ccc(C=CC(=O)OC(C(=O)c2c[nH]c3ccccc23)c2ccccc2)cc1OC. The topological polar surface area (TPSA) is 77.6 Å². The van der Waals surface area contributed by atoms with E-state index in [0.717, 1.165) is 16.5 Å². The molecular weight excluding hydrogens is 418 g/mol. The van der Waals surface area contributed by atoms with Crippen molar-refractivity contribution in [1.82, 2.24) is 4.98 Å². The predicted molar refractivity (Wildman–Crippen MR) is 126 cm³/mol. The normalized spacial score (nSPS) is 11.9. The van der Waals surface area contributed by atoms with Crippen molar-refractivity contribution in [3.63, 3.8) is 0 Å². The Bertz CT molecular complexity index is 1310. The van der Waals surface area contributed by atoms with Crippen molar-refractivity contribution in [2.75, 3.05) is 14.2 Å². The molecule has 4 rings (SSSR count). The van der Waals surface area contributed by atoms with Gasteiger partial charge in [-0.05, 0) is 29.8 Å². The molecule has 1 aromatic heterocycles. The number of esters is 1. The summed E-state index contributed by atoms with van der Waals surface area (Å²) in [6.45, 7) is 0. The number of benzene rings is 3. The van der Waals surface area contributed by atoms with Crippen LogP contribution in [0.15, 0.2) is 85.1 Å². The molecule has 0 aliphatic rings. The van der Waals surface area contributed by atoms with E-state index in [0.29, 0.717) is 22.6 Å². The Hall–Kier alpha value is -4.32. The van der Waals surface area contributed by atoms with Gasteiger partial charge in [0.15, 0.2) is 17.6 Å². The minimum absolute atomic E-state index is 0.300. The fourth-order valence-electron chi connectivity index (χ4n) is 3.59. The number of ketones is 1. The number of H-pyrrole nitrogens is 1. The van der Waals surface area contributed by atoms with E-state index in [1.807, 2.05) is 30.3 Å². The van der Waals surface area contributed by atoms with Gasteiger partial charge in [-0.15, -0.1) is 0 Å². The third-order valence-corrected chi connectivity index (χ3v) is 5.25. The lowest BCUT2D eigenvalue weighted by Crippen LogP contribution is -2.19. The molecule has 6 heteroatoms. The predicted octanol–water partition coefficient (Wildman–Crippen LogP) is 5.37. The van der Waals surface area contributed by atoms with Crippen molar-refractivity contribution in [3.8, 4) is 11.5 Å². The number of hydrogen-bond donors (Lipinski definition) is 1. The van der Waals surface area contributed by atoms with Crippen LogP contribution in [-0.2, 0) is 9.53 Å². The Morgan fingerprint density at radius 3 is 2.36 bits per heavy atom. The third-order valence-electron chi connectivity index (χ3n) is 5.25. The van der Waals surface area contributed by atoms with E-state index in [2.05, 4.69) is 4.98 Å². The van der Waals surface area contributed by atoms with Crippen molar-refractivity contribution in [2.45, 2.75) is 6.10 Å². The van der Waals surface area contributed by atoms with Gasteiger partial charge in [0.2, 0.25) is 5.78 Å². The average Bonchev–Trinajstić information content (AvgIpc) is 3.30. The second-order valence-corrected chi connectivity index (χ2v) is 7.29. The van der Waals surface area contributed by atoms with Crippen LogP contribution < -0.4 is 9.47 Å². The summed E-state index contributed by atoms with van der Waals surface area (Å²) in [4.78, 5) is 29.2. The first-order valence-corrected chi connectivity index (χ1v) is 10.4. The van der Waals surface area contributed by atoms with E-state index in [1.165, 1.54) is 6.08 Å². The number of methoxy groups -OCH3 is 2. The molecule has 0 saturated heterocycles. The average molecular weight is 441 g/mol. The highest BCUT2D eigenvalue weighted by molar-refractivity contribution is 6.10. The van der Waals surface area contributed by atoms with Gasteiger partial charge in [0, 0.05) is 34.3 Å². The zero-order valence-electron chi connectivity index (χ0n) is 18.3. The summed E-state index contributed by atoms with van der Waals surface area (Å²) in [6, 6.07) is 21.8. The van der Waals surface area contributed by atoms with E-state index in [1.54, 1.807) is 69.0 Å². The largest absolute Gasteiger partial charge is 0.493 e. The Labute approximate surface area is 191 Å². The van der Waals surface area contributed by atoms with Crippen LogP contribution in [0.4, 0.5) is 0 Å². The van der Waals surface area contributed by atoms with Crippen LogP contribution in [-0.4, -0.2) is 31.0 Å². The Morgan fingerprint density at radius 1 is 0.879 bits per heavy atom. The molecule has 1 N–H and O–H groups in total. The van der Waals surface area contributed by atoms with Gasteiger partial charge in [0.05, 0.1) is 14.2 Å². The molecule has 0 amide bonds. The number of carbonyl (C=O) groups excluding carboxylic acids is 2. The van der Waals surface area contributed by atoms with Crippen LogP contribution in [0.2, 0.25) is 0 Å². The summed E-state index contributed by atoms with van der Waals surface area (Å²) in [7, 11) is 3.10. The van der Waals surface area contributed by atoms with Gasteiger partial charge in [-0.3, -0.25) is 4.79 Å². The molecule has 0 radical (unpaired) electrons. The molecule has 0 fully saturated rings. The molecule has 6 nitrogen and oxygen atoms in total. The second kappa shape index (κ2) is 9.87. The van der Waals surface area contributed by atoms with Gasteiger partial charge in [-0.2, -0.15) is 0 Å². The summed E-state index contributed by atoms with van der Waals surface area (Å²) >= 11 is 0. The third kappa shape index (κ3) is 4.80. The first-order chi connectivity index (χ1) is 16.1. The van der Waals surface area contributed by atoms with E-state index in [9.17, 15) is 9.59 Å². The number of nitrogens with one attached hydrogen (secondary N) is 1. The number of para-hydroxylation sites is 1. The lowest BCUT2D eigenvalue weighted by molar-refractivity contribution is -0.141. The molecule has 1 heterocycles. The number of Topliss-reactive ketones (excluding diaryl/α,β-unsaturated/α-hetero) is 1. The van der Waals surface area contributed by atoms with Crippen LogP contribution in [0.5, 0.6) is 11.5 Å². The minimum atomic E-state index is -1.08. The highest BCUT2D eigenvalue weighted by Crippen LogP contribution is 2.29. The Morgan fingerprint density at radius 2 is 1.61 bits per heavy atom. The van der Waals surface area contributed by atoms with Crippen molar-refractivity contribution < 1.29 is 23.8 Å². The summed E-state index contributed by atoms with van der Waals surface area (Å²) in [5.74, 6) is 0.203. The number of ether oxygens (including phenoxy) is 3. The number of aromatic amines is 1. The van der Waals surface area contributed by atoms with E-state index in [-0.39, 0.29) is 5.78 Å². The molecule has 0 aliphatic carbocycles. The monoisotopic (exact) mass is 441 g/mol. The van der Waals surface area contributed by atoms with Gasteiger partial charge in [-0.1, -0.05) is 54.6 Å². The molecule has 0 spiro atoms. The standard InChI is InChI=1S/C27H23NO5/c1-31-23-14-12-18(16-24(23)32-2)13-15-25(29)33-27(19-8-4-3-5-9-19)26(30)21-17-28-22-11-7-6-10-20(21)22/h3-17,27-28H,1-2H3. The van der Waals surface area contributed by atoms with Crippen LogP contribution in [0.1, 0.15) is 27.6 Å². The molecule has 33 heavy (non-hydrogen) atoms. The van der Waals surface area contributed by atoms with E-state index in [4.69, 9.17) is 14.2 Å². The van der Waals surface area contributed by atoms with Crippen molar-refractivity contribution in [3.05, 3.63) is 102 Å². The highest BCUT2D eigenvalue weighted by Gasteiger charge is 2.27. The summed E-state index contributed by atoms with van der Waals surface area (Å²) in [5.41, 5.74) is 2.63. The lowest BCUT2D eigenvalue weighted by atomic mass is 9.99. The van der Waals surface area contributed by atoms with Crippen LogP contribution in [0.3, 0.4) is 0 Å². The number of fused-ring (bicyclic) bond motifs is 1. The maximum absolute atomic E-state index is 13.4. The maximum Gasteiger partial charge on any atom is 0.331 e. The molecule has 0 bridgehead atoms. The fourth-order valence-corrected chi connectivity index (χ4v) is 3.59. The van der Waals surface area contributed by atoms with E-state index >= 15 is 0 Å². The second-order valence-electron chi connectivity index (χ2n) is 7.29. The lowest BCUT2D eigenvalue weighted by Gasteiger charge is -2.16. The zero-order chi connectivity index (χ0) is 23.2.